The zero-order valence-corrected chi connectivity index (χ0v) is 23.6. The van der Waals surface area contributed by atoms with E-state index in [1.807, 2.05) is 41.5 Å². The molecule has 5 nitrogen and oxygen atoms in total. The Kier molecular flexibility index (Phi) is 15.5. The first-order chi connectivity index (χ1) is 14.9. The molecule has 0 aliphatic heterocycles. The lowest BCUT2D eigenvalue weighted by Crippen LogP contribution is -2.27. The van der Waals surface area contributed by atoms with Crippen LogP contribution < -0.4 is 5.14 Å². The van der Waals surface area contributed by atoms with E-state index in [-0.39, 0.29) is 35.7 Å². The van der Waals surface area contributed by atoms with Crippen LogP contribution in [0, 0.1) is 11.6 Å². The van der Waals surface area contributed by atoms with Crippen molar-refractivity contribution in [1.82, 2.24) is 0 Å². The lowest BCUT2D eigenvalue weighted by molar-refractivity contribution is 0.101. The Morgan fingerprint density at radius 3 is 1.50 bits per heavy atom. The monoisotopic (exact) mass is 534 g/mol. The van der Waals surface area contributed by atoms with Crippen molar-refractivity contribution in [1.29, 1.82) is 0 Å². The Morgan fingerprint density at radius 1 is 0.824 bits per heavy atom. The third kappa shape index (κ3) is 14.5. The van der Waals surface area contributed by atoms with Gasteiger partial charge in [0.1, 0.15) is 22.6 Å². The highest BCUT2D eigenvalue weighted by Gasteiger charge is 2.19. The molecule has 0 amide bonds. The second-order valence-electron chi connectivity index (χ2n) is 9.02. The van der Waals surface area contributed by atoms with Gasteiger partial charge in [-0.15, -0.1) is 0 Å². The van der Waals surface area contributed by atoms with Crippen LogP contribution in [-0.2, 0) is 22.0 Å². The molecule has 2 aromatic carbocycles. The van der Waals surface area contributed by atoms with Gasteiger partial charge in [-0.2, -0.15) is 17.9 Å². The minimum absolute atomic E-state index is 0. The molecule has 2 N–H and O–H groups in total. The van der Waals surface area contributed by atoms with Crippen LogP contribution in [0.4, 0.5) is 8.78 Å². The number of benzene rings is 2. The number of Topliss-reactive ketones (excluding diaryl/α,β-unsaturated/α-hetero) is 1. The van der Waals surface area contributed by atoms with Crippen LogP contribution in [0.3, 0.4) is 0 Å². The minimum atomic E-state index is -1.31. The Labute approximate surface area is 214 Å². The molecule has 0 saturated heterocycles. The number of halogens is 2. The molecule has 0 aliphatic carbocycles. The van der Waals surface area contributed by atoms with Gasteiger partial charge in [0.05, 0.1) is 26.2 Å². The fourth-order valence-corrected chi connectivity index (χ4v) is 2.36. The predicted molar refractivity (Wildman–Crippen MR) is 145 cm³/mol. The zero-order valence-electron chi connectivity index (χ0n) is 20.9. The number of rotatable bonds is 3. The largest absolute Gasteiger partial charge is 0.295 e. The summed E-state index contributed by atoms with van der Waals surface area (Å²) in [7, 11) is -2.49. The summed E-state index contributed by atoms with van der Waals surface area (Å²) in [5.74, 6) is -0.791. The minimum Gasteiger partial charge on any atom is -0.295 e. The first kappa shape index (κ1) is 34.4. The summed E-state index contributed by atoms with van der Waals surface area (Å²) < 4.78 is 50.9. The van der Waals surface area contributed by atoms with Gasteiger partial charge in [0, 0.05) is 5.56 Å². The Morgan fingerprint density at radius 2 is 1.21 bits per heavy atom. The van der Waals surface area contributed by atoms with Crippen molar-refractivity contribution in [2.24, 2.45) is 9.54 Å². The van der Waals surface area contributed by atoms with Gasteiger partial charge in [-0.1, -0.05) is 24.3 Å². The summed E-state index contributed by atoms with van der Waals surface area (Å²) in [4.78, 5) is 10.6. The molecule has 0 aromatic heterocycles. The van der Waals surface area contributed by atoms with E-state index in [1.165, 1.54) is 37.3 Å². The maximum atomic E-state index is 13.0. The number of nitrogens with two attached hydrogens (primary N) is 1. The van der Waals surface area contributed by atoms with E-state index in [9.17, 15) is 22.0 Å². The van der Waals surface area contributed by atoms with Crippen molar-refractivity contribution in [2.75, 3.05) is 0 Å². The number of ketones is 1. The molecule has 2 aromatic rings. The molecule has 2 atom stereocenters. The van der Waals surface area contributed by atoms with Crippen molar-refractivity contribution in [3.8, 4) is 0 Å². The summed E-state index contributed by atoms with van der Waals surface area (Å²) >= 11 is 0. The van der Waals surface area contributed by atoms with Crippen LogP contribution in [0.2, 0.25) is 0 Å². The molecular weight excluding hydrogens is 498 g/mol. The van der Waals surface area contributed by atoms with Crippen molar-refractivity contribution in [2.45, 2.75) is 64.9 Å². The summed E-state index contributed by atoms with van der Waals surface area (Å²) in [6.45, 7) is 14.2. The first-order valence-corrected chi connectivity index (χ1v) is 12.4. The number of hydrogen-bond donors (Lipinski definition) is 1. The van der Waals surface area contributed by atoms with Crippen molar-refractivity contribution >= 4 is 47.0 Å². The highest BCUT2D eigenvalue weighted by molar-refractivity contribution is 7.85. The van der Waals surface area contributed by atoms with E-state index in [2.05, 4.69) is 4.40 Å². The smallest absolute Gasteiger partial charge is 0.159 e. The van der Waals surface area contributed by atoms with Crippen LogP contribution in [0.25, 0.3) is 0 Å². The first-order valence-electron chi connectivity index (χ1n) is 10.1. The Hall–Kier alpha value is -1.75. The van der Waals surface area contributed by atoms with Gasteiger partial charge >= 0.3 is 0 Å². The average molecular weight is 535 g/mol. The summed E-state index contributed by atoms with van der Waals surface area (Å²) in [5, 5.41) is 5.04. The molecule has 0 radical (unpaired) electrons. The van der Waals surface area contributed by atoms with E-state index in [0.29, 0.717) is 16.8 Å². The molecule has 1 unspecified atom stereocenters. The summed E-state index contributed by atoms with van der Waals surface area (Å²) in [6.07, 6.45) is 0. The van der Waals surface area contributed by atoms with Crippen molar-refractivity contribution in [3.63, 3.8) is 0 Å². The number of carbonyl (C=O) groups excluding carboxylic acids is 1. The molecule has 0 bridgehead atoms. The summed E-state index contributed by atoms with van der Waals surface area (Å²) in [6, 6.07) is 11.8. The number of nitrogens with zero attached hydrogens (tertiary/aromatic N) is 1. The SMILES string of the molecule is CC(=N[S@@](=O)C(C)(C)C)c1cccc(F)c1.CC(=O)c1cccc(F)c1.CC(C)(C)S(N)=O.S. The Bertz CT molecular complexity index is 1020. The number of carbonyl (C=O) groups is 1. The third-order valence-electron chi connectivity index (χ3n) is 3.82. The Balaban J connectivity index is 0. The molecule has 0 spiro atoms. The van der Waals surface area contributed by atoms with Gasteiger partial charge in [0.25, 0.3) is 0 Å². The molecule has 0 heterocycles. The maximum absolute atomic E-state index is 13.0. The van der Waals surface area contributed by atoms with Gasteiger partial charge < -0.3 is 0 Å². The lowest BCUT2D eigenvalue weighted by Gasteiger charge is -2.14. The quantitative estimate of drug-likeness (QED) is 0.408. The highest BCUT2D eigenvalue weighted by Crippen LogP contribution is 2.14. The van der Waals surface area contributed by atoms with Crippen molar-refractivity contribution in [3.05, 3.63) is 71.3 Å². The molecule has 0 fully saturated rings. The lowest BCUT2D eigenvalue weighted by atomic mass is 10.1. The normalized spacial score (nSPS) is 13.2. The second-order valence-corrected chi connectivity index (χ2v) is 12.8. The third-order valence-corrected chi connectivity index (χ3v) is 6.52. The van der Waals surface area contributed by atoms with E-state index in [0.717, 1.165) is 0 Å². The topological polar surface area (TPSA) is 89.6 Å². The van der Waals surface area contributed by atoms with E-state index >= 15 is 0 Å². The van der Waals surface area contributed by atoms with E-state index in [4.69, 9.17) is 5.14 Å². The van der Waals surface area contributed by atoms with Crippen molar-refractivity contribution < 1.29 is 22.0 Å². The molecule has 0 saturated carbocycles. The van der Waals surface area contributed by atoms with Crippen LogP contribution >= 0.6 is 13.5 Å². The summed E-state index contributed by atoms with van der Waals surface area (Å²) in [5.41, 5.74) is 1.67. The molecule has 2 rings (SSSR count). The second kappa shape index (κ2) is 15.3. The van der Waals surface area contributed by atoms with E-state index < -0.39 is 26.7 Å². The average Bonchev–Trinajstić information content (AvgIpc) is 2.67. The maximum Gasteiger partial charge on any atom is 0.159 e. The van der Waals surface area contributed by atoms with Crippen LogP contribution in [-0.4, -0.2) is 29.4 Å². The van der Waals surface area contributed by atoms with Crippen LogP contribution in [0.1, 0.15) is 71.3 Å². The predicted octanol–water partition coefficient (Wildman–Crippen LogP) is 5.65. The molecule has 10 heteroatoms. The molecule has 192 valence electrons. The van der Waals surface area contributed by atoms with Gasteiger partial charge in [-0.3, -0.25) is 9.93 Å². The van der Waals surface area contributed by atoms with Gasteiger partial charge in [-0.05, 0) is 85.2 Å². The zero-order chi connectivity index (χ0) is 26.0. The van der Waals surface area contributed by atoms with Crippen LogP contribution in [0.5, 0.6) is 0 Å². The molecule has 0 aliphatic rings. The molecule has 34 heavy (non-hydrogen) atoms. The highest BCUT2D eigenvalue weighted by atomic mass is 32.2. The van der Waals surface area contributed by atoms with E-state index in [1.54, 1.807) is 25.1 Å². The standard InChI is InChI=1S/C12H16FNOS.C8H7FO.C4H11NOS.H2S/c1-9(14-16(15)12(2,3)4)10-6-5-7-11(13)8-10;1-6(10)7-3-2-4-8(9)5-7;1-4(2,3)7(5)6;/h5-8H,1-4H3;2-5H,1H3;5H2,1-3H3;1H2/t16-;;;/m0.../s1. The fourth-order valence-electron chi connectivity index (χ4n) is 1.74. The van der Waals surface area contributed by atoms with Gasteiger partial charge in [0.15, 0.2) is 5.78 Å². The number of hydrogen-bond acceptors (Lipinski definition) is 3. The fraction of sp³-hybridized carbons (Fsp3) is 0.417. The van der Waals surface area contributed by atoms with Crippen LogP contribution in [0.15, 0.2) is 52.9 Å². The molecular formula is C24H36F2N2O3S3. The van der Waals surface area contributed by atoms with Gasteiger partial charge in [0.2, 0.25) is 0 Å². The van der Waals surface area contributed by atoms with Gasteiger partial charge in [-0.25, -0.2) is 17.2 Å².